The van der Waals surface area contributed by atoms with Crippen LogP contribution in [-0.2, 0) is 4.74 Å². The van der Waals surface area contributed by atoms with E-state index in [1.54, 1.807) is 18.3 Å². The summed E-state index contributed by atoms with van der Waals surface area (Å²) in [4.78, 5) is 20.5. The minimum Gasteiger partial charge on any atom is -0.465 e. The first-order valence-electron chi connectivity index (χ1n) is 6.20. The number of carbonyl (C=O) groups is 1. The summed E-state index contributed by atoms with van der Waals surface area (Å²) in [6, 6.07) is 7.18. The number of hydrogen-bond donors (Lipinski definition) is 0. The van der Waals surface area contributed by atoms with Gasteiger partial charge in [0.2, 0.25) is 0 Å². The number of aromatic nitrogens is 2. The van der Waals surface area contributed by atoms with Crippen LogP contribution in [-0.4, -0.2) is 23.0 Å². The molecule has 0 radical (unpaired) electrons. The van der Waals surface area contributed by atoms with Crippen molar-refractivity contribution in [2.24, 2.45) is 0 Å². The van der Waals surface area contributed by atoms with Crippen LogP contribution in [0.3, 0.4) is 0 Å². The molecule has 4 nitrogen and oxygen atoms in total. The van der Waals surface area contributed by atoms with E-state index in [2.05, 4.69) is 16.5 Å². The predicted octanol–water partition coefficient (Wildman–Crippen LogP) is 3.27. The van der Waals surface area contributed by atoms with Crippen LogP contribution in [0.2, 0.25) is 0 Å². The molecule has 0 atom stereocenters. The van der Waals surface area contributed by atoms with Crippen molar-refractivity contribution in [1.82, 2.24) is 9.97 Å². The highest BCUT2D eigenvalue weighted by Gasteiger charge is 2.12. The largest absolute Gasteiger partial charge is 0.465 e. The van der Waals surface area contributed by atoms with Crippen molar-refractivity contribution in [2.45, 2.75) is 13.8 Å². The zero-order valence-electron chi connectivity index (χ0n) is 11.8. The molecule has 2 aromatic heterocycles. The SMILES string of the molecule is C=C(C)c1cc(C(=O)OC)cc(-c2ccc(C)cn2)n1. The Labute approximate surface area is 118 Å². The van der Waals surface area contributed by atoms with Gasteiger partial charge in [0, 0.05) is 6.20 Å². The van der Waals surface area contributed by atoms with Gasteiger partial charge in [0.25, 0.3) is 0 Å². The van der Waals surface area contributed by atoms with Crippen LogP contribution in [0.4, 0.5) is 0 Å². The summed E-state index contributed by atoms with van der Waals surface area (Å²) < 4.78 is 4.76. The Morgan fingerprint density at radius 3 is 2.55 bits per heavy atom. The van der Waals surface area contributed by atoms with E-state index in [0.717, 1.165) is 11.1 Å². The highest BCUT2D eigenvalue weighted by molar-refractivity contribution is 5.91. The van der Waals surface area contributed by atoms with Crippen LogP contribution < -0.4 is 0 Å². The minimum absolute atomic E-state index is 0.400. The molecule has 2 heterocycles. The molecular weight excluding hydrogens is 252 g/mol. The van der Waals surface area contributed by atoms with Gasteiger partial charge in [-0.2, -0.15) is 0 Å². The minimum atomic E-state index is -0.400. The number of aryl methyl sites for hydroxylation is 1. The van der Waals surface area contributed by atoms with Gasteiger partial charge in [-0.15, -0.1) is 0 Å². The van der Waals surface area contributed by atoms with Crippen LogP contribution >= 0.6 is 0 Å². The summed E-state index contributed by atoms with van der Waals surface area (Å²) in [5.41, 5.74) is 4.29. The van der Waals surface area contributed by atoms with Gasteiger partial charge in [0.05, 0.1) is 29.8 Å². The van der Waals surface area contributed by atoms with Crippen LogP contribution in [0.25, 0.3) is 17.0 Å². The summed E-state index contributed by atoms with van der Waals surface area (Å²) >= 11 is 0. The molecule has 0 N–H and O–H groups in total. The van der Waals surface area contributed by atoms with E-state index in [-0.39, 0.29) is 0 Å². The Morgan fingerprint density at radius 2 is 2.00 bits per heavy atom. The number of nitrogens with zero attached hydrogens (tertiary/aromatic N) is 2. The molecule has 0 aromatic carbocycles. The smallest absolute Gasteiger partial charge is 0.338 e. The van der Waals surface area contributed by atoms with Gasteiger partial charge >= 0.3 is 5.97 Å². The number of allylic oxidation sites excluding steroid dienone is 1. The molecule has 4 heteroatoms. The molecule has 0 aliphatic heterocycles. The Morgan fingerprint density at radius 1 is 1.25 bits per heavy atom. The van der Waals surface area contributed by atoms with Gasteiger partial charge in [-0.1, -0.05) is 12.6 Å². The van der Waals surface area contributed by atoms with E-state index in [1.807, 2.05) is 26.0 Å². The first kappa shape index (κ1) is 13.9. The van der Waals surface area contributed by atoms with E-state index < -0.39 is 5.97 Å². The average molecular weight is 268 g/mol. The number of esters is 1. The molecule has 0 amide bonds. The maximum atomic E-state index is 11.7. The molecule has 0 fully saturated rings. The van der Waals surface area contributed by atoms with E-state index in [0.29, 0.717) is 22.6 Å². The second-order valence-corrected chi connectivity index (χ2v) is 4.62. The number of rotatable bonds is 3. The fourth-order valence-corrected chi connectivity index (χ4v) is 1.74. The Balaban J connectivity index is 2.57. The summed E-state index contributed by atoms with van der Waals surface area (Å²) in [5.74, 6) is -0.400. The van der Waals surface area contributed by atoms with E-state index in [4.69, 9.17) is 4.74 Å². The summed E-state index contributed by atoms with van der Waals surface area (Å²) in [7, 11) is 1.35. The van der Waals surface area contributed by atoms with Crippen molar-refractivity contribution < 1.29 is 9.53 Å². The van der Waals surface area contributed by atoms with Crippen molar-refractivity contribution in [1.29, 1.82) is 0 Å². The molecule has 0 unspecified atom stereocenters. The normalized spacial score (nSPS) is 10.2. The lowest BCUT2D eigenvalue weighted by atomic mass is 10.1. The molecule has 0 aliphatic carbocycles. The van der Waals surface area contributed by atoms with Gasteiger partial charge in [-0.25, -0.2) is 9.78 Å². The van der Waals surface area contributed by atoms with Crippen molar-refractivity contribution >= 4 is 11.5 Å². The lowest BCUT2D eigenvalue weighted by Gasteiger charge is -2.08. The molecule has 0 bridgehead atoms. The van der Waals surface area contributed by atoms with Gasteiger partial charge in [-0.3, -0.25) is 4.98 Å². The third-order valence-corrected chi connectivity index (χ3v) is 2.86. The van der Waals surface area contributed by atoms with E-state index in [9.17, 15) is 4.79 Å². The predicted molar refractivity (Wildman–Crippen MR) is 78.3 cm³/mol. The molecule has 0 saturated carbocycles. The van der Waals surface area contributed by atoms with Gasteiger partial charge in [-0.05, 0) is 43.2 Å². The highest BCUT2D eigenvalue weighted by Crippen LogP contribution is 2.21. The van der Waals surface area contributed by atoms with E-state index in [1.165, 1.54) is 7.11 Å². The molecule has 0 saturated heterocycles. The van der Waals surface area contributed by atoms with Crippen LogP contribution in [0.1, 0.15) is 28.5 Å². The Hall–Kier alpha value is -2.49. The van der Waals surface area contributed by atoms with Gasteiger partial charge in [0.15, 0.2) is 0 Å². The summed E-state index contributed by atoms with van der Waals surface area (Å²) in [6.07, 6.45) is 1.77. The average Bonchev–Trinajstić information content (AvgIpc) is 2.46. The van der Waals surface area contributed by atoms with Crippen molar-refractivity contribution in [3.05, 3.63) is 53.9 Å². The maximum absolute atomic E-state index is 11.7. The molecule has 20 heavy (non-hydrogen) atoms. The zero-order valence-corrected chi connectivity index (χ0v) is 11.8. The number of ether oxygens (including phenoxy) is 1. The number of pyridine rings is 2. The lowest BCUT2D eigenvalue weighted by Crippen LogP contribution is -2.04. The van der Waals surface area contributed by atoms with Crippen LogP contribution in [0.5, 0.6) is 0 Å². The lowest BCUT2D eigenvalue weighted by molar-refractivity contribution is 0.0600. The van der Waals surface area contributed by atoms with Gasteiger partial charge < -0.3 is 4.74 Å². The quantitative estimate of drug-likeness (QED) is 0.802. The molecular formula is C16H16N2O2. The standard InChI is InChI=1S/C16H16N2O2/c1-10(2)14-7-12(16(19)20-4)8-15(18-14)13-6-5-11(3)9-17-13/h5-9H,1H2,2-4H3. The van der Waals surface area contributed by atoms with E-state index >= 15 is 0 Å². The molecule has 2 aromatic rings. The second-order valence-electron chi connectivity index (χ2n) is 4.62. The fourth-order valence-electron chi connectivity index (χ4n) is 1.74. The second kappa shape index (κ2) is 5.65. The molecule has 0 spiro atoms. The number of methoxy groups -OCH3 is 1. The third kappa shape index (κ3) is 2.91. The Bertz CT molecular complexity index is 661. The Kier molecular flexibility index (Phi) is 3.94. The van der Waals surface area contributed by atoms with Crippen molar-refractivity contribution in [2.75, 3.05) is 7.11 Å². The molecule has 102 valence electrons. The topological polar surface area (TPSA) is 52.1 Å². The zero-order chi connectivity index (χ0) is 14.7. The number of hydrogen-bond acceptors (Lipinski definition) is 4. The highest BCUT2D eigenvalue weighted by atomic mass is 16.5. The summed E-state index contributed by atoms with van der Waals surface area (Å²) in [5, 5.41) is 0. The first-order valence-corrected chi connectivity index (χ1v) is 6.20. The molecule has 2 rings (SSSR count). The third-order valence-electron chi connectivity index (χ3n) is 2.86. The van der Waals surface area contributed by atoms with Crippen LogP contribution in [0, 0.1) is 6.92 Å². The van der Waals surface area contributed by atoms with Gasteiger partial charge in [0.1, 0.15) is 0 Å². The van der Waals surface area contributed by atoms with Crippen LogP contribution in [0.15, 0.2) is 37.0 Å². The maximum Gasteiger partial charge on any atom is 0.338 e. The monoisotopic (exact) mass is 268 g/mol. The summed E-state index contributed by atoms with van der Waals surface area (Å²) in [6.45, 7) is 7.68. The number of carbonyl (C=O) groups excluding carboxylic acids is 1. The van der Waals surface area contributed by atoms with Crippen molar-refractivity contribution in [3.63, 3.8) is 0 Å². The van der Waals surface area contributed by atoms with Crippen molar-refractivity contribution in [3.8, 4) is 11.4 Å². The fraction of sp³-hybridized carbons (Fsp3) is 0.188. The first-order chi connectivity index (χ1) is 9.51. The molecule has 0 aliphatic rings.